The van der Waals surface area contributed by atoms with Gasteiger partial charge in [0.05, 0.1) is 0 Å². The lowest BCUT2D eigenvalue weighted by molar-refractivity contribution is -0.00100. The molecule has 3 rings (SSSR count). The van der Waals surface area contributed by atoms with E-state index in [-0.39, 0.29) is 131 Å². The molecule has 0 saturated heterocycles. The molecule has 0 fully saturated rings. The summed E-state index contributed by atoms with van der Waals surface area (Å²) in [7, 11) is 0. The Morgan fingerprint density at radius 2 is 0.762 bits per heavy atom. The van der Waals surface area contributed by atoms with Gasteiger partial charge in [-0.3, -0.25) is 0 Å². The van der Waals surface area contributed by atoms with E-state index in [2.05, 4.69) is 12.1 Å². The molecule has 1 heterocycles. The third kappa shape index (κ3) is 8.52. The lowest BCUT2D eigenvalue weighted by Crippen LogP contribution is -3.00. The van der Waals surface area contributed by atoms with Crippen molar-refractivity contribution in [2.45, 2.75) is 0 Å². The molecule has 3 aromatic rings. The third-order valence-corrected chi connectivity index (χ3v) is 2.28. The molecule has 0 aliphatic carbocycles. The van der Waals surface area contributed by atoms with Crippen LogP contribution in [0.4, 0.5) is 0 Å². The molecule has 0 atom stereocenters. The number of benzene rings is 2. The zero-order valence-corrected chi connectivity index (χ0v) is 21.9. The summed E-state index contributed by atoms with van der Waals surface area (Å²) < 4.78 is 5.65. The minimum atomic E-state index is 0. The van der Waals surface area contributed by atoms with Gasteiger partial charge in [-0.05, 0) is 12.1 Å². The van der Waals surface area contributed by atoms with Crippen molar-refractivity contribution in [3.8, 4) is 0 Å². The lowest BCUT2D eigenvalue weighted by Gasteiger charge is -1.85. The van der Waals surface area contributed by atoms with Crippen LogP contribution in [0.25, 0.3) is 21.9 Å². The van der Waals surface area contributed by atoms with Gasteiger partial charge in [0.1, 0.15) is 11.2 Å². The molecular formula is C12H8Br7ClO-8. The number of fused-ring (bicyclic) bond motifs is 3. The van der Waals surface area contributed by atoms with Crippen LogP contribution in [-0.4, -0.2) is 0 Å². The van der Waals surface area contributed by atoms with E-state index in [4.69, 9.17) is 4.42 Å². The van der Waals surface area contributed by atoms with Crippen LogP contribution in [0.3, 0.4) is 0 Å². The fourth-order valence-corrected chi connectivity index (χ4v) is 1.67. The fourth-order valence-electron chi connectivity index (χ4n) is 1.67. The normalized spacial score (nSPS) is 6.86. The quantitative estimate of drug-likeness (QED) is 0.222. The van der Waals surface area contributed by atoms with Crippen LogP contribution in [0.2, 0.25) is 0 Å². The monoisotopic (exact) mass is 755 g/mol. The molecule has 0 unspecified atom stereocenters. The van der Waals surface area contributed by atoms with Crippen LogP contribution in [0, 0.1) is 0 Å². The summed E-state index contributed by atoms with van der Waals surface area (Å²) in [6.07, 6.45) is 0. The van der Waals surface area contributed by atoms with E-state index in [0.717, 1.165) is 11.2 Å². The van der Waals surface area contributed by atoms with E-state index in [1.807, 2.05) is 36.4 Å². The first-order valence-electron chi connectivity index (χ1n) is 4.31. The molecule has 9 heteroatoms. The zero-order chi connectivity index (χ0) is 8.67. The maximum Gasteiger partial charge on any atom is 0.135 e. The maximum absolute atomic E-state index is 5.65. The Kier molecular flexibility index (Phi) is 33.4. The lowest BCUT2D eigenvalue weighted by atomic mass is 10.2. The van der Waals surface area contributed by atoms with E-state index >= 15 is 0 Å². The molecule has 21 heavy (non-hydrogen) atoms. The van der Waals surface area contributed by atoms with Gasteiger partial charge in [0.25, 0.3) is 0 Å². The minimum absolute atomic E-state index is 0. The molecule has 0 spiro atoms. The molecule has 0 amide bonds. The Hall–Kier alpha value is 1.89. The highest BCUT2D eigenvalue weighted by molar-refractivity contribution is 6.04. The molecule has 2 aromatic carbocycles. The molecule has 0 aliphatic heterocycles. The number of halogens is 8. The van der Waals surface area contributed by atoms with Crippen molar-refractivity contribution >= 4 is 21.9 Å². The maximum atomic E-state index is 5.65. The molecule has 1 nitrogen and oxygen atoms in total. The Balaban J connectivity index is -0.0000000703. The second kappa shape index (κ2) is 18.2. The first-order chi connectivity index (χ1) is 6.45. The predicted octanol–water partition coefficient (Wildman–Crippen LogP) is -20.4. The van der Waals surface area contributed by atoms with Gasteiger partial charge in [0.2, 0.25) is 0 Å². The molecule has 1 aromatic heterocycles. The van der Waals surface area contributed by atoms with Crippen LogP contribution in [0.1, 0.15) is 0 Å². The van der Waals surface area contributed by atoms with E-state index in [9.17, 15) is 0 Å². The average Bonchev–Trinajstić information content (AvgIpc) is 2.56. The summed E-state index contributed by atoms with van der Waals surface area (Å²) in [5.41, 5.74) is 1.92. The Labute approximate surface area is 203 Å². The van der Waals surface area contributed by atoms with Gasteiger partial charge in [0, 0.05) is 10.8 Å². The smallest absolute Gasteiger partial charge is 0.135 e. The van der Waals surface area contributed by atoms with Crippen molar-refractivity contribution < 1.29 is 136 Å². The molecule has 0 radical (unpaired) electrons. The van der Waals surface area contributed by atoms with Crippen LogP contribution in [0.5, 0.6) is 0 Å². The van der Waals surface area contributed by atoms with Gasteiger partial charge in [0.15, 0.2) is 0 Å². The zero-order valence-electron chi connectivity index (χ0n) is 10.1. The number of rotatable bonds is 0. The summed E-state index contributed by atoms with van der Waals surface area (Å²) in [5, 5.41) is 2.39. The van der Waals surface area contributed by atoms with Crippen molar-refractivity contribution in [2.24, 2.45) is 0 Å². The number of hydrogen-bond acceptors (Lipinski definition) is 1. The highest BCUT2D eigenvalue weighted by Gasteiger charge is 2.03. The van der Waals surface area contributed by atoms with Gasteiger partial charge in [-0.1, -0.05) is 36.4 Å². The first-order valence-corrected chi connectivity index (χ1v) is 4.31. The van der Waals surface area contributed by atoms with Gasteiger partial charge >= 0.3 is 0 Å². The Morgan fingerprint density at radius 1 is 0.476 bits per heavy atom. The van der Waals surface area contributed by atoms with Crippen molar-refractivity contribution in [3.63, 3.8) is 0 Å². The van der Waals surface area contributed by atoms with Crippen molar-refractivity contribution in [1.29, 1.82) is 0 Å². The topological polar surface area (TPSA) is 13.1 Å². The van der Waals surface area contributed by atoms with Crippen LogP contribution >= 0.6 is 0 Å². The predicted molar refractivity (Wildman–Crippen MR) is 53.7 cm³/mol. The van der Waals surface area contributed by atoms with Crippen LogP contribution in [0.15, 0.2) is 52.9 Å². The average molecular weight is 763 g/mol. The van der Waals surface area contributed by atoms with E-state index in [0.29, 0.717) is 0 Å². The summed E-state index contributed by atoms with van der Waals surface area (Å²) in [6.45, 7) is 0. The standard InChI is InChI=1S/C12H8O.7BrH.ClH/c1-3-7-11-9(5-1)10-6-2-4-8-12(10)13-11;;;;;;;;/h1-8H;8*1H/p-8. The first kappa shape index (κ1) is 38.4. The highest BCUT2D eigenvalue weighted by Crippen LogP contribution is 2.27. The SMILES string of the molecule is [Br-].[Br-].[Br-].[Br-].[Br-].[Br-].[Br-].[Cl-].c1ccc2c(c1)oc1ccccc12. The summed E-state index contributed by atoms with van der Waals surface area (Å²) in [6, 6.07) is 16.2. The fraction of sp³-hybridized carbons (Fsp3) is 0. The summed E-state index contributed by atoms with van der Waals surface area (Å²) >= 11 is 0. The third-order valence-electron chi connectivity index (χ3n) is 2.28. The Bertz CT molecular complexity index is 537. The van der Waals surface area contributed by atoms with Crippen LogP contribution in [-0.2, 0) is 0 Å². The molecule has 0 saturated carbocycles. The number of hydrogen-bond donors (Lipinski definition) is 0. The second-order valence-corrected chi connectivity index (χ2v) is 3.09. The molecule has 126 valence electrons. The van der Waals surface area contributed by atoms with Gasteiger partial charge < -0.3 is 136 Å². The second-order valence-electron chi connectivity index (χ2n) is 3.09. The van der Waals surface area contributed by atoms with Crippen LogP contribution < -0.4 is 131 Å². The molecule has 0 aliphatic rings. The summed E-state index contributed by atoms with van der Waals surface area (Å²) in [4.78, 5) is 0. The van der Waals surface area contributed by atoms with Crippen molar-refractivity contribution in [2.75, 3.05) is 0 Å². The van der Waals surface area contributed by atoms with E-state index in [1.165, 1.54) is 10.8 Å². The molecular weight excluding hydrogens is 755 g/mol. The Morgan fingerprint density at radius 3 is 1.10 bits per heavy atom. The van der Waals surface area contributed by atoms with Gasteiger partial charge in [-0.25, -0.2) is 0 Å². The van der Waals surface area contributed by atoms with Crippen molar-refractivity contribution in [3.05, 3.63) is 48.5 Å². The van der Waals surface area contributed by atoms with Crippen molar-refractivity contribution in [1.82, 2.24) is 0 Å². The number of para-hydroxylation sites is 2. The summed E-state index contributed by atoms with van der Waals surface area (Å²) in [5.74, 6) is 0. The molecule has 0 N–H and O–H groups in total. The number of furan rings is 1. The molecule has 0 bridgehead atoms. The van der Waals surface area contributed by atoms with E-state index < -0.39 is 0 Å². The van der Waals surface area contributed by atoms with Gasteiger partial charge in [-0.15, -0.1) is 0 Å². The van der Waals surface area contributed by atoms with E-state index in [1.54, 1.807) is 0 Å². The van der Waals surface area contributed by atoms with Gasteiger partial charge in [-0.2, -0.15) is 0 Å². The minimum Gasteiger partial charge on any atom is -1.00 e. The highest BCUT2D eigenvalue weighted by atomic mass is 79.9. The largest absolute Gasteiger partial charge is 1.00 e.